The average Bonchev–Trinajstić information content (AvgIpc) is 2.63. The van der Waals surface area contributed by atoms with Crippen molar-refractivity contribution in [3.63, 3.8) is 0 Å². The van der Waals surface area contributed by atoms with Crippen molar-refractivity contribution in [3.8, 4) is 5.88 Å². The Morgan fingerprint density at radius 1 is 1.15 bits per heavy atom. The molecule has 0 bridgehead atoms. The number of carbonyl (C=O) groups is 1. The van der Waals surface area contributed by atoms with E-state index in [0.717, 1.165) is 30.7 Å². The number of ether oxygens (including phenoxy) is 1. The monoisotopic (exact) mass is 378 g/mol. The van der Waals surface area contributed by atoms with Crippen molar-refractivity contribution >= 4 is 5.91 Å². The summed E-state index contributed by atoms with van der Waals surface area (Å²) in [6, 6.07) is 9.71. The van der Waals surface area contributed by atoms with Crippen LogP contribution in [0, 0.1) is 6.92 Å². The minimum atomic E-state index is -4.40. The van der Waals surface area contributed by atoms with E-state index in [2.05, 4.69) is 10.3 Å². The number of nitrogens with zero attached hydrogens (tertiary/aromatic N) is 1. The van der Waals surface area contributed by atoms with Crippen LogP contribution in [0.4, 0.5) is 13.2 Å². The smallest absolute Gasteiger partial charge is 0.417 e. The summed E-state index contributed by atoms with van der Waals surface area (Å²) in [5.74, 6) is 0.0997. The Bertz CT molecular complexity index is 783. The molecule has 1 saturated carbocycles. The van der Waals surface area contributed by atoms with Crippen LogP contribution in [-0.4, -0.2) is 23.0 Å². The maximum Gasteiger partial charge on any atom is 0.417 e. The van der Waals surface area contributed by atoms with E-state index in [1.807, 2.05) is 25.1 Å². The molecule has 1 aromatic heterocycles. The molecule has 4 nitrogen and oxygen atoms in total. The van der Waals surface area contributed by atoms with E-state index in [4.69, 9.17) is 4.74 Å². The van der Waals surface area contributed by atoms with Gasteiger partial charge in [-0.1, -0.05) is 17.7 Å². The first-order chi connectivity index (χ1) is 12.8. The van der Waals surface area contributed by atoms with Gasteiger partial charge < -0.3 is 10.1 Å². The number of pyridine rings is 1. The summed E-state index contributed by atoms with van der Waals surface area (Å²) in [5, 5.41) is 3.04. The Balaban J connectivity index is 1.48. The van der Waals surface area contributed by atoms with Gasteiger partial charge >= 0.3 is 6.18 Å². The van der Waals surface area contributed by atoms with Crippen molar-refractivity contribution in [1.29, 1.82) is 0 Å². The molecule has 1 aromatic carbocycles. The van der Waals surface area contributed by atoms with E-state index in [1.165, 1.54) is 6.07 Å². The van der Waals surface area contributed by atoms with Crippen LogP contribution >= 0.6 is 0 Å². The lowest BCUT2D eigenvalue weighted by molar-refractivity contribution is -0.137. The number of benzene rings is 1. The van der Waals surface area contributed by atoms with Gasteiger partial charge in [0, 0.05) is 23.9 Å². The minimum absolute atomic E-state index is 0.0680. The zero-order valence-electron chi connectivity index (χ0n) is 14.9. The maximum atomic E-state index is 12.6. The summed E-state index contributed by atoms with van der Waals surface area (Å²) >= 11 is 0. The summed E-state index contributed by atoms with van der Waals surface area (Å²) in [5.41, 5.74) is 0.878. The van der Waals surface area contributed by atoms with Crippen LogP contribution in [0.15, 0.2) is 42.6 Å². The quantitative estimate of drug-likeness (QED) is 0.851. The van der Waals surface area contributed by atoms with Crippen LogP contribution in [-0.2, 0) is 6.18 Å². The number of halogens is 3. The first-order valence-electron chi connectivity index (χ1n) is 8.89. The second-order valence-electron chi connectivity index (χ2n) is 6.82. The van der Waals surface area contributed by atoms with Crippen LogP contribution in [0.1, 0.15) is 47.2 Å². The number of amides is 1. The van der Waals surface area contributed by atoms with Gasteiger partial charge in [-0.15, -0.1) is 0 Å². The summed E-state index contributed by atoms with van der Waals surface area (Å²) in [4.78, 5) is 16.0. The van der Waals surface area contributed by atoms with Crippen LogP contribution in [0.2, 0.25) is 0 Å². The molecular weight excluding hydrogens is 357 g/mol. The van der Waals surface area contributed by atoms with Crippen molar-refractivity contribution in [1.82, 2.24) is 10.3 Å². The van der Waals surface area contributed by atoms with Crippen molar-refractivity contribution in [2.24, 2.45) is 0 Å². The van der Waals surface area contributed by atoms with E-state index in [1.54, 1.807) is 6.07 Å². The lowest BCUT2D eigenvalue weighted by Gasteiger charge is -2.29. The van der Waals surface area contributed by atoms with Gasteiger partial charge in [0.25, 0.3) is 5.91 Å². The van der Waals surface area contributed by atoms with Crippen LogP contribution < -0.4 is 10.1 Å². The zero-order valence-corrected chi connectivity index (χ0v) is 14.9. The summed E-state index contributed by atoms with van der Waals surface area (Å²) in [6.45, 7) is 1.94. The molecule has 0 radical (unpaired) electrons. The number of alkyl halides is 3. The number of hydrogen-bond donors (Lipinski definition) is 1. The molecule has 1 N–H and O–H groups in total. The average molecular weight is 378 g/mol. The van der Waals surface area contributed by atoms with E-state index in [0.29, 0.717) is 18.4 Å². The third-order valence-corrected chi connectivity index (χ3v) is 4.64. The van der Waals surface area contributed by atoms with Crippen molar-refractivity contribution in [2.75, 3.05) is 0 Å². The topological polar surface area (TPSA) is 51.2 Å². The molecule has 0 saturated heterocycles. The fourth-order valence-corrected chi connectivity index (χ4v) is 3.17. The van der Waals surface area contributed by atoms with E-state index < -0.39 is 11.7 Å². The molecule has 0 aliphatic heterocycles. The highest BCUT2D eigenvalue weighted by atomic mass is 19.4. The maximum absolute atomic E-state index is 12.6. The summed E-state index contributed by atoms with van der Waals surface area (Å²) < 4.78 is 43.3. The number of aromatic nitrogens is 1. The third kappa shape index (κ3) is 5.21. The number of rotatable bonds is 4. The van der Waals surface area contributed by atoms with Crippen molar-refractivity contribution in [2.45, 2.75) is 50.9 Å². The van der Waals surface area contributed by atoms with E-state index in [9.17, 15) is 18.0 Å². The molecule has 27 heavy (non-hydrogen) atoms. The van der Waals surface area contributed by atoms with Gasteiger partial charge in [0.05, 0.1) is 5.56 Å². The fourth-order valence-electron chi connectivity index (χ4n) is 3.17. The van der Waals surface area contributed by atoms with Gasteiger partial charge in [-0.05, 0) is 50.8 Å². The highest BCUT2D eigenvalue weighted by molar-refractivity contribution is 5.94. The highest BCUT2D eigenvalue weighted by Gasteiger charge is 2.31. The van der Waals surface area contributed by atoms with Gasteiger partial charge in [0.2, 0.25) is 5.88 Å². The van der Waals surface area contributed by atoms with Gasteiger partial charge in [-0.3, -0.25) is 4.79 Å². The van der Waals surface area contributed by atoms with Crippen LogP contribution in [0.25, 0.3) is 0 Å². The summed E-state index contributed by atoms with van der Waals surface area (Å²) in [6.07, 6.45) is -0.808. The highest BCUT2D eigenvalue weighted by Crippen LogP contribution is 2.30. The number of nitrogens with one attached hydrogen (secondary N) is 1. The Labute approximate surface area is 155 Å². The van der Waals surface area contributed by atoms with E-state index >= 15 is 0 Å². The molecule has 2 aromatic rings. The fraction of sp³-hybridized carbons (Fsp3) is 0.400. The number of aryl methyl sites for hydroxylation is 1. The lowest BCUT2D eigenvalue weighted by atomic mass is 9.92. The normalized spacial score (nSPS) is 20.1. The SMILES string of the molecule is Cc1cccc(C(=O)NC2CCC(Oc3ccc(C(F)(F)F)cn3)CC2)c1. The van der Waals surface area contributed by atoms with Gasteiger partial charge in [0.15, 0.2) is 0 Å². The Kier molecular flexibility index (Phi) is 5.68. The Morgan fingerprint density at radius 3 is 2.48 bits per heavy atom. The second kappa shape index (κ2) is 7.98. The van der Waals surface area contributed by atoms with Crippen LogP contribution in [0.5, 0.6) is 5.88 Å². The predicted octanol–water partition coefficient (Wildman–Crippen LogP) is 4.53. The first kappa shape index (κ1) is 19.2. The molecule has 0 spiro atoms. The predicted molar refractivity (Wildman–Crippen MR) is 94.6 cm³/mol. The molecular formula is C20H21F3N2O2. The molecule has 7 heteroatoms. The minimum Gasteiger partial charge on any atom is -0.474 e. The third-order valence-electron chi connectivity index (χ3n) is 4.64. The van der Waals surface area contributed by atoms with Crippen molar-refractivity contribution < 1.29 is 22.7 Å². The molecule has 1 aliphatic rings. The molecule has 1 heterocycles. The molecule has 1 aliphatic carbocycles. The zero-order chi connectivity index (χ0) is 19.4. The second-order valence-corrected chi connectivity index (χ2v) is 6.82. The number of carbonyl (C=O) groups excluding carboxylic acids is 1. The van der Waals surface area contributed by atoms with Gasteiger partial charge in [-0.2, -0.15) is 13.2 Å². The molecule has 144 valence electrons. The Morgan fingerprint density at radius 2 is 1.89 bits per heavy atom. The van der Waals surface area contributed by atoms with Crippen molar-refractivity contribution in [3.05, 3.63) is 59.3 Å². The largest absolute Gasteiger partial charge is 0.474 e. The molecule has 1 fully saturated rings. The summed E-state index contributed by atoms with van der Waals surface area (Å²) in [7, 11) is 0. The lowest BCUT2D eigenvalue weighted by Crippen LogP contribution is -2.39. The van der Waals surface area contributed by atoms with Gasteiger partial charge in [0.1, 0.15) is 6.10 Å². The van der Waals surface area contributed by atoms with Crippen LogP contribution in [0.3, 0.4) is 0 Å². The molecule has 1 amide bonds. The molecule has 0 unspecified atom stereocenters. The van der Waals surface area contributed by atoms with E-state index in [-0.39, 0.29) is 23.9 Å². The standard InChI is InChI=1S/C20H21F3N2O2/c1-13-3-2-4-14(11-13)19(26)25-16-6-8-17(9-7-16)27-18-10-5-15(12-24-18)20(21,22)23/h2-5,10-12,16-17H,6-9H2,1H3,(H,25,26). The number of hydrogen-bond acceptors (Lipinski definition) is 3. The first-order valence-corrected chi connectivity index (χ1v) is 8.89. The van der Waals surface area contributed by atoms with Gasteiger partial charge in [-0.25, -0.2) is 4.98 Å². The molecule has 3 rings (SSSR count). The Hall–Kier alpha value is -2.57. The molecule has 0 atom stereocenters.